The second kappa shape index (κ2) is 8.06. The van der Waals surface area contributed by atoms with Crippen LogP contribution in [0.4, 0.5) is 4.79 Å². The number of carbonyl (C=O) groups excluding carboxylic acids is 3. The Hall–Kier alpha value is -1.79. The zero-order valence-electron chi connectivity index (χ0n) is 15.0. The topological polar surface area (TPSA) is 79.0 Å². The van der Waals surface area contributed by atoms with Gasteiger partial charge in [-0.05, 0) is 32.6 Å². The number of nitrogens with one attached hydrogen (secondary N) is 1. The number of ether oxygens (including phenoxy) is 1. The van der Waals surface area contributed by atoms with E-state index in [2.05, 4.69) is 5.32 Å². The van der Waals surface area contributed by atoms with Crippen LogP contribution in [-0.2, 0) is 14.3 Å². The van der Waals surface area contributed by atoms with Crippen molar-refractivity contribution in [3.05, 3.63) is 0 Å². The average Bonchev–Trinajstić information content (AvgIpc) is 3.25. The molecule has 0 aromatic carbocycles. The number of amides is 3. The lowest BCUT2D eigenvalue weighted by Gasteiger charge is -2.32. The fraction of sp³-hybridized carbons (Fsp3) is 0.833. The van der Waals surface area contributed by atoms with Crippen LogP contribution in [0.25, 0.3) is 0 Å². The van der Waals surface area contributed by atoms with Crippen molar-refractivity contribution in [2.24, 2.45) is 5.92 Å². The molecule has 0 aromatic heterocycles. The van der Waals surface area contributed by atoms with Gasteiger partial charge >= 0.3 is 6.09 Å². The van der Waals surface area contributed by atoms with Crippen LogP contribution in [0.3, 0.4) is 0 Å². The molecule has 0 spiro atoms. The molecule has 3 aliphatic rings. The highest BCUT2D eigenvalue weighted by molar-refractivity contribution is 5.89. The molecular weight excluding hydrogens is 322 g/mol. The molecule has 7 nitrogen and oxygen atoms in total. The van der Waals surface area contributed by atoms with Crippen molar-refractivity contribution in [3.63, 3.8) is 0 Å². The summed E-state index contributed by atoms with van der Waals surface area (Å²) < 4.78 is 5.01. The summed E-state index contributed by atoms with van der Waals surface area (Å²) in [5.41, 5.74) is 0. The smallest absolute Gasteiger partial charge is 0.409 e. The highest BCUT2D eigenvalue weighted by Crippen LogP contribution is 2.29. The molecule has 0 aromatic rings. The summed E-state index contributed by atoms with van der Waals surface area (Å²) in [5.74, 6) is -0.108. The van der Waals surface area contributed by atoms with E-state index in [1.54, 1.807) is 11.8 Å². The number of likely N-dealkylation sites (tertiary alicyclic amines) is 2. The number of carbonyl (C=O) groups is 3. The summed E-state index contributed by atoms with van der Waals surface area (Å²) >= 11 is 0. The van der Waals surface area contributed by atoms with E-state index in [4.69, 9.17) is 4.74 Å². The lowest BCUT2D eigenvalue weighted by molar-refractivity contribution is -0.130. The molecule has 1 N–H and O–H groups in total. The fourth-order valence-electron chi connectivity index (χ4n) is 4.22. The average molecular weight is 351 g/mol. The van der Waals surface area contributed by atoms with Gasteiger partial charge in [0.05, 0.1) is 12.5 Å². The third-order valence-corrected chi connectivity index (χ3v) is 5.66. The van der Waals surface area contributed by atoms with Gasteiger partial charge in [-0.2, -0.15) is 0 Å². The minimum absolute atomic E-state index is 0.0107. The molecule has 1 saturated carbocycles. The largest absolute Gasteiger partial charge is 0.450 e. The van der Waals surface area contributed by atoms with Gasteiger partial charge in [0.2, 0.25) is 11.8 Å². The maximum Gasteiger partial charge on any atom is 0.409 e. The van der Waals surface area contributed by atoms with Crippen LogP contribution < -0.4 is 5.32 Å². The van der Waals surface area contributed by atoms with E-state index in [1.165, 1.54) is 12.8 Å². The maximum atomic E-state index is 12.5. The van der Waals surface area contributed by atoms with E-state index in [0.717, 1.165) is 25.7 Å². The normalized spacial score (nSPS) is 25.5. The number of rotatable bonds is 4. The van der Waals surface area contributed by atoms with Crippen molar-refractivity contribution in [3.8, 4) is 0 Å². The van der Waals surface area contributed by atoms with E-state index in [0.29, 0.717) is 38.7 Å². The van der Waals surface area contributed by atoms with Crippen molar-refractivity contribution in [1.82, 2.24) is 15.1 Å². The standard InChI is InChI=1S/C18H29N3O4/c1-2-25-18(24)20-9-7-14(8-10-20)19-17(23)13-11-16(22)21(12-13)15-5-3-4-6-15/h13-15H,2-12H2,1H3,(H,19,23). The van der Waals surface area contributed by atoms with E-state index in [-0.39, 0.29) is 29.9 Å². The first kappa shape index (κ1) is 18.0. The Balaban J connectivity index is 1.44. The first-order valence-electron chi connectivity index (χ1n) is 9.60. The first-order valence-corrected chi connectivity index (χ1v) is 9.60. The van der Waals surface area contributed by atoms with Crippen LogP contribution in [0, 0.1) is 5.92 Å². The van der Waals surface area contributed by atoms with Crippen molar-refractivity contribution in [2.45, 2.75) is 64.0 Å². The summed E-state index contributed by atoms with van der Waals surface area (Å²) in [6.45, 7) is 3.94. The summed E-state index contributed by atoms with van der Waals surface area (Å²) in [7, 11) is 0. The molecule has 1 unspecified atom stereocenters. The molecule has 0 radical (unpaired) electrons. The SMILES string of the molecule is CCOC(=O)N1CCC(NC(=O)C2CC(=O)N(C3CCCC3)C2)CC1. The molecular formula is C18H29N3O4. The van der Waals surface area contributed by atoms with Crippen LogP contribution >= 0.6 is 0 Å². The molecule has 1 atom stereocenters. The van der Waals surface area contributed by atoms with Gasteiger partial charge in [0.25, 0.3) is 0 Å². The Morgan fingerprint density at radius 3 is 2.48 bits per heavy atom. The van der Waals surface area contributed by atoms with Crippen molar-refractivity contribution in [2.75, 3.05) is 26.2 Å². The van der Waals surface area contributed by atoms with Crippen molar-refractivity contribution in [1.29, 1.82) is 0 Å². The van der Waals surface area contributed by atoms with E-state index < -0.39 is 0 Å². The minimum atomic E-state index is -0.277. The van der Waals surface area contributed by atoms with Gasteiger partial charge in [0.15, 0.2) is 0 Å². The Kier molecular flexibility index (Phi) is 5.81. The van der Waals surface area contributed by atoms with Crippen LogP contribution in [0.5, 0.6) is 0 Å². The minimum Gasteiger partial charge on any atom is -0.450 e. The van der Waals surface area contributed by atoms with Crippen LogP contribution in [-0.4, -0.2) is 66.0 Å². The summed E-state index contributed by atoms with van der Waals surface area (Å²) in [6, 6.07) is 0.423. The monoisotopic (exact) mass is 351 g/mol. The highest BCUT2D eigenvalue weighted by Gasteiger charge is 2.39. The lowest BCUT2D eigenvalue weighted by Crippen LogP contribution is -2.48. The molecule has 2 saturated heterocycles. The van der Waals surface area contributed by atoms with Gasteiger partial charge in [-0.15, -0.1) is 0 Å². The first-order chi connectivity index (χ1) is 12.1. The van der Waals surface area contributed by atoms with Crippen LogP contribution in [0.15, 0.2) is 0 Å². The van der Waals surface area contributed by atoms with Gasteiger partial charge in [-0.1, -0.05) is 12.8 Å². The van der Waals surface area contributed by atoms with Gasteiger partial charge in [-0.25, -0.2) is 4.79 Å². The van der Waals surface area contributed by atoms with Gasteiger partial charge in [0.1, 0.15) is 0 Å². The molecule has 25 heavy (non-hydrogen) atoms. The molecule has 1 aliphatic carbocycles. The number of nitrogens with zero attached hydrogens (tertiary/aromatic N) is 2. The molecule has 0 bridgehead atoms. The van der Waals surface area contributed by atoms with Gasteiger partial charge in [0, 0.05) is 38.1 Å². The van der Waals surface area contributed by atoms with Gasteiger partial charge < -0.3 is 19.9 Å². The summed E-state index contributed by atoms with van der Waals surface area (Å²) in [6.07, 6.45) is 6.05. The number of piperidine rings is 1. The predicted octanol–water partition coefficient (Wildman–Crippen LogP) is 1.51. The summed E-state index contributed by atoms with van der Waals surface area (Å²) in [5, 5.41) is 3.09. The van der Waals surface area contributed by atoms with Crippen molar-refractivity contribution < 1.29 is 19.1 Å². The van der Waals surface area contributed by atoms with E-state index in [9.17, 15) is 14.4 Å². The van der Waals surface area contributed by atoms with Crippen LogP contribution in [0.1, 0.15) is 51.9 Å². The zero-order chi connectivity index (χ0) is 17.8. The molecule has 140 valence electrons. The Morgan fingerprint density at radius 2 is 1.84 bits per heavy atom. The number of hydrogen-bond acceptors (Lipinski definition) is 4. The summed E-state index contributed by atoms with van der Waals surface area (Å²) in [4.78, 5) is 40.1. The second-order valence-electron chi connectivity index (χ2n) is 7.35. The lowest BCUT2D eigenvalue weighted by atomic mass is 10.0. The van der Waals surface area contributed by atoms with E-state index in [1.807, 2.05) is 4.90 Å². The molecule has 2 aliphatic heterocycles. The van der Waals surface area contributed by atoms with Crippen molar-refractivity contribution >= 4 is 17.9 Å². The van der Waals surface area contributed by atoms with E-state index >= 15 is 0 Å². The predicted molar refractivity (Wildman–Crippen MR) is 91.8 cm³/mol. The fourth-order valence-corrected chi connectivity index (χ4v) is 4.22. The Bertz CT molecular complexity index is 510. The quantitative estimate of drug-likeness (QED) is 0.833. The third-order valence-electron chi connectivity index (χ3n) is 5.66. The zero-order valence-corrected chi connectivity index (χ0v) is 15.0. The Labute approximate surface area is 149 Å². The molecule has 3 rings (SSSR count). The van der Waals surface area contributed by atoms with Crippen LogP contribution in [0.2, 0.25) is 0 Å². The highest BCUT2D eigenvalue weighted by atomic mass is 16.6. The van der Waals surface area contributed by atoms with Gasteiger partial charge in [-0.3, -0.25) is 9.59 Å². The molecule has 3 fully saturated rings. The number of hydrogen-bond donors (Lipinski definition) is 1. The molecule has 3 amide bonds. The molecule has 2 heterocycles. The third kappa shape index (κ3) is 4.25. The molecule has 7 heteroatoms. The Morgan fingerprint density at radius 1 is 1.16 bits per heavy atom. The second-order valence-corrected chi connectivity index (χ2v) is 7.35. The maximum absolute atomic E-state index is 12.5.